The zero-order valence-electron chi connectivity index (χ0n) is 13.4. The fourth-order valence-corrected chi connectivity index (χ4v) is 2.29. The molecule has 1 saturated heterocycles. The predicted molar refractivity (Wildman–Crippen MR) is 98.0 cm³/mol. The quantitative estimate of drug-likeness (QED) is 0.433. The third-order valence-electron chi connectivity index (χ3n) is 3.62. The molecule has 124 valence electrons. The molecular formula is C15H25IN4O2. The van der Waals surface area contributed by atoms with Crippen molar-refractivity contribution in [2.75, 3.05) is 27.3 Å². The van der Waals surface area contributed by atoms with Crippen molar-refractivity contribution < 1.29 is 9.47 Å². The molecule has 1 aromatic heterocycles. The van der Waals surface area contributed by atoms with Crippen LogP contribution >= 0.6 is 24.0 Å². The Kier molecular flexibility index (Phi) is 7.88. The molecule has 0 spiro atoms. The molecule has 1 atom stereocenters. The minimum atomic E-state index is -0.0840. The van der Waals surface area contributed by atoms with Crippen molar-refractivity contribution in [1.29, 1.82) is 0 Å². The summed E-state index contributed by atoms with van der Waals surface area (Å²) in [7, 11) is 3.37. The van der Waals surface area contributed by atoms with Crippen molar-refractivity contribution in [2.45, 2.75) is 31.9 Å². The van der Waals surface area contributed by atoms with Gasteiger partial charge in [0.15, 0.2) is 5.96 Å². The van der Waals surface area contributed by atoms with Crippen LogP contribution in [0.5, 0.6) is 5.88 Å². The summed E-state index contributed by atoms with van der Waals surface area (Å²) in [5, 5.41) is 6.58. The van der Waals surface area contributed by atoms with Gasteiger partial charge in [0.05, 0.1) is 12.7 Å². The SMILES string of the molecule is CN=C(NCc1ccc(OC)nc1)NCC1(C)CCCO1.I. The molecule has 6 nitrogen and oxygen atoms in total. The van der Waals surface area contributed by atoms with Gasteiger partial charge in [0.25, 0.3) is 0 Å². The summed E-state index contributed by atoms with van der Waals surface area (Å²) in [4.78, 5) is 8.40. The molecule has 0 saturated carbocycles. The number of methoxy groups -OCH3 is 1. The summed E-state index contributed by atoms with van der Waals surface area (Å²) < 4.78 is 10.8. The van der Waals surface area contributed by atoms with Gasteiger partial charge in [-0.05, 0) is 25.3 Å². The Balaban J connectivity index is 0.00000242. The van der Waals surface area contributed by atoms with E-state index in [1.807, 2.05) is 12.1 Å². The van der Waals surface area contributed by atoms with Gasteiger partial charge < -0.3 is 20.1 Å². The lowest BCUT2D eigenvalue weighted by Gasteiger charge is -2.24. The molecule has 0 bridgehead atoms. The third kappa shape index (κ3) is 5.60. The first-order valence-electron chi connectivity index (χ1n) is 7.22. The Labute approximate surface area is 149 Å². The zero-order valence-corrected chi connectivity index (χ0v) is 15.7. The minimum Gasteiger partial charge on any atom is -0.481 e. The van der Waals surface area contributed by atoms with Crippen LogP contribution in [-0.4, -0.2) is 43.9 Å². The van der Waals surface area contributed by atoms with Crippen LogP contribution in [0, 0.1) is 0 Å². The smallest absolute Gasteiger partial charge is 0.212 e. The second-order valence-corrected chi connectivity index (χ2v) is 5.39. The summed E-state index contributed by atoms with van der Waals surface area (Å²) in [5.41, 5.74) is 0.987. The van der Waals surface area contributed by atoms with Crippen LogP contribution in [-0.2, 0) is 11.3 Å². The van der Waals surface area contributed by atoms with Gasteiger partial charge in [0.1, 0.15) is 0 Å². The largest absolute Gasteiger partial charge is 0.481 e. The van der Waals surface area contributed by atoms with Gasteiger partial charge in [-0.3, -0.25) is 4.99 Å². The third-order valence-corrected chi connectivity index (χ3v) is 3.62. The number of aliphatic imine (C=N–C) groups is 1. The maximum absolute atomic E-state index is 5.75. The van der Waals surface area contributed by atoms with E-state index in [9.17, 15) is 0 Å². The Morgan fingerprint density at radius 3 is 2.82 bits per heavy atom. The Hall–Kier alpha value is -1.09. The van der Waals surface area contributed by atoms with Crippen LogP contribution < -0.4 is 15.4 Å². The second-order valence-electron chi connectivity index (χ2n) is 5.39. The number of hydrogen-bond acceptors (Lipinski definition) is 4. The van der Waals surface area contributed by atoms with Gasteiger partial charge >= 0.3 is 0 Å². The maximum Gasteiger partial charge on any atom is 0.212 e. The van der Waals surface area contributed by atoms with Gasteiger partial charge in [0.2, 0.25) is 5.88 Å². The van der Waals surface area contributed by atoms with E-state index in [0.717, 1.165) is 37.5 Å². The molecule has 0 amide bonds. The summed E-state index contributed by atoms with van der Waals surface area (Å²) in [6.07, 6.45) is 4.00. The molecule has 1 aliphatic heterocycles. The van der Waals surface area contributed by atoms with E-state index >= 15 is 0 Å². The number of nitrogens with zero attached hydrogens (tertiary/aromatic N) is 2. The molecule has 7 heteroatoms. The topological polar surface area (TPSA) is 67.8 Å². The molecule has 0 aromatic carbocycles. The first-order chi connectivity index (χ1) is 10.1. The lowest BCUT2D eigenvalue weighted by molar-refractivity contribution is 0.0243. The molecule has 0 radical (unpaired) electrons. The molecule has 1 fully saturated rings. The number of guanidine groups is 1. The molecular weight excluding hydrogens is 395 g/mol. The highest BCUT2D eigenvalue weighted by Gasteiger charge is 2.29. The highest BCUT2D eigenvalue weighted by Crippen LogP contribution is 2.23. The Bertz CT molecular complexity index is 473. The molecule has 22 heavy (non-hydrogen) atoms. The fraction of sp³-hybridized carbons (Fsp3) is 0.600. The number of hydrogen-bond donors (Lipinski definition) is 2. The standard InChI is InChI=1S/C15H24N4O2.HI/c1-15(7-4-8-21-15)11-19-14(16-2)18-10-12-5-6-13(20-3)17-9-12;/h5-6,9H,4,7-8,10-11H2,1-3H3,(H2,16,18,19);1H. The predicted octanol–water partition coefficient (Wildman–Crippen LogP) is 1.94. The fourth-order valence-electron chi connectivity index (χ4n) is 2.29. The van der Waals surface area contributed by atoms with Crippen molar-refractivity contribution in [3.8, 4) is 5.88 Å². The van der Waals surface area contributed by atoms with E-state index in [-0.39, 0.29) is 29.6 Å². The second kappa shape index (κ2) is 9.14. The van der Waals surface area contributed by atoms with Crippen LogP contribution in [0.25, 0.3) is 0 Å². The summed E-state index contributed by atoms with van der Waals surface area (Å²) in [6, 6.07) is 3.83. The van der Waals surface area contributed by atoms with Crippen molar-refractivity contribution in [2.24, 2.45) is 4.99 Å². The lowest BCUT2D eigenvalue weighted by atomic mass is 10.0. The molecule has 0 aliphatic carbocycles. The zero-order chi connectivity index (χ0) is 15.1. The van der Waals surface area contributed by atoms with Gasteiger partial charge in [-0.1, -0.05) is 6.07 Å². The minimum absolute atomic E-state index is 0. The van der Waals surface area contributed by atoms with Crippen LogP contribution in [0.1, 0.15) is 25.3 Å². The van der Waals surface area contributed by atoms with Crippen molar-refractivity contribution in [3.63, 3.8) is 0 Å². The molecule has 2 rings (SSSR count). The summed E-state index contributed by atoms with van der Waals surface area (Å²) in [5.74, 6) is 1.38. The lowest BCUT2D eigenvalue weighted by Crippen LogP contribution is -2.45. The van der Waals surface area contributed by atoms with Crippen molar-refractivity contribution in [1.82, 2.24) is 15.6 Å². The van der Waals surface area contributed by atoms with Crippen molar-refractivity contribution in [3.05, 3.63) is 23.9 Å². The highest BCUT2D eigenvalue weighted by molar-refractivity contribution is 14.0. The van der Waals surface area contributed by atoms with Crippen molar-refractivity contribution >= 4 is 29.9 Å². The van der Waals surface area contributed by atoms with Crippen LogP contribution in [0.4, 0.5) is 0 Å². The molecule has 2 N–H and O–H groups in total. The Morgan fingerprint density at radius 2 is 2.27 bits per heavy atom. The number of ether oxygens (including phenoxy) is 2. The van der Waals surface area contributed by atoms with E-state index < -0.39 is 0 Å². The molecule has 1 aromatic rings. The van der Waals surface area contributed by atoms with Gasteiger partial charge in [-0.15, -0.1) is 24.0 Å². The monoisotopic (exact) mass is 420 g/mol. The van der Waals surface area contributed by atoms with E-state index in [0.29, 0.717) is 12.4 Å². The van der Waals surface area contributed by atoms with Gasteiger partial charge in [0, 0.05) is 39.0 Å². The average molecular weight is 420 g/mol. The Morgan fingerprint density at radius 1 is 1.45 bits per heavy atom. The number of halogens is 1. The number of pyridine rings is 1. The number of nitrogens with one attached hydrogen (secondary N) is 2. The van der Waals surface area contributed by atoms with E-state index in [4.69, 9.17) is 9.47 Å². The van der Waals surface area contributed by atoms with Crippen LogP contribution in [0.15, 0.2) is 23.3 Å². The molecule has 1 aliphatic rings. The summed E-state index contributed by atoms with van der Waals surface area (Å²) >= 11 is 0. The van der Waals surface area contributed by atoms with Gasteiger partial charge in [-0.2, -0.15) is 0 Å². The first kappa shape index (κ1) is 19.0. The number of aromatic nitrogens is 1. The van der Waals surface area contributed by atoms with Crippen LogP contribution in [0.2, 0.25) is 0 Å². The maximum atomic E-state index is 5.75. The first-order valence-corrected chi connectivity index (χ1v) is 7.22. The van der Waals surface area contributed by atoms with Crippen LogP contribution in [0.3, 0.4) is 0 Å². The highest BCUT2D eigenvalue weighted by atomic mass is 127. The van der Waals surface area contributed by atoms with E-state index in [1.165, 1.54) is 0 Å². The number of rotatable bonds is 5. The van der Waals surface area contributed by atoms with E-state index in [1.54, 1.807) is 20.4 Å². The molecule has 2 heterocycles. The molecule has 1 unspecified atom stereocenters. The van der Waals surface area contributed by atoms with Gasteiger partial charge in [-0.25, -0.2) is 4.98 Å². The summed E-state index contributed by atoms with van der Waals surface area (Å²) in [6.45, 7) is 4.40. The average Bonchev–Trinajstić information content (AvgIpc) is 2.95. The van der Waals surface area contributed by atoms with E-state index in [2.05, 4.69) is 27.5 Å². The normalized spacial score (nSPS) is 21.1.